The molecule has 0 atom stereocenters. The van der Waals surface area contributed by atoms with E-state index in [0.29, 0.717) is 17.2 Å². The lowest BCUT2D eigenvalue weighted by molar-refractivity contribution is 1.12. The monoisotopic (exact) mass is 263 g/mol. The summed E-state index contributed by atoms with van der Waals surface area (Å²) in [5.74, 6) is 0.554. The van der Waals surface area contributed by atoms with Crippen LogP contribution in [0.25, 0.3) is 22.8 Å². The molecular weight excluding hydrogens is 250 g/mol. The quantitative estimate of drug-likeness (QED) is 0.773. The fourth-order valence-corrected chi connectivity index (χ4v) is 1.95. The minimum Gasteiger partial charge on any atom is -0.306 e. The Morgan fingerprint density at radius 2 is 1.80 bits per heavy atom. The molecule has 0 radical (unpaired) electrons. The maximum atomic E-state index is 11.8. The van der Waals surface area contributed by atoms with Gasteiger partial charge < -0.3 is 4.98 Å². The largest absolute Gasteiger partial charge is 0.306 e. The summed E-state index contributed by atoms with van der Waals surface area (Å²) in [4.78, 5) is 23.3. The molecule has 2 heterocycles. The summed E-state index contributed by atoms with van der Waals surface area (Å²) < 4.78 is 0. The standard InChI is InChI=1S/C16H13N3O/c1-11-5-7-12(8-6-11)16-18-14(10-15(20)19-16)13-4-2-3-9-17-13/h2-10H,1H3,(H,18,19,20). The van der Waals surface area contributed by atoms with Crippen molar-refractivity contribution in [2.24, 2.45) is 0 Å². The summed E-state index contributed by atoms with van der Waals surface area (Å²) in [6, 6.07) is 14.9. The third-order valence-corrected chi connectivity index (χ3v) is 2.99. The van der Waals surface area contributed by atoms with Gasteiger partial charge in [0.1, 0.15) is 5.82 Å². The molecule has 0 aliphatic heterocycles. The molecule has 1 aromatic carbocycles. The molecule has 4 heteroatoms. The third kappa shape index (κ3) is 2.49. The van der Waals surface area contributed by atoms with E-state index in [1.165, 1.54) is 6.07 Å². The predicted octanol–water partition coefficient (Wildman–Crippen LogP) is 2.81. The van der Waals surface area contributed by atoms with Crippen LogP contribution in [0.5, 0.6) is 0 Å². The van der Waals surface area contributed by atoms with Crippen LogP contribution in [-0.2, 0) is 0 Å². The number of hydrogen-bond donors (Lipinski definition) is 1. The Balaban J connectivity index is 2.12. The Morgan fingerprint density at radius 1 is 1.00 bits per heavy atom. The lowest BCUT2D eigenvalue weighted by atomic mass is 10.1. The first-order valence-electron chi connectivity index (χ1n) is 6.32. The molecule has 1 N–H and O–H groups in total. The number of pyridine rings is 1. The molecular formula is C16H13N3O. The zero-order valence-corrected chi connectivity index (χ0v) is 11.0. The molecule has 0 saturated heterocycles. The molecule has 0 aliphatic carbocycles. The molecule has 0 fully saturated rings. The van der Waals surface area contributed by atoms with Crippen LogP contribution < -0.4 is 5.56 Å². The van der Waals surface area contributed by atoms with Crippen molar-refractivity contribution in [3.8, 4) is 22.8 Å². The number of benzene rings is 1. The molecule has 3 rings (SSSR count). The number of rotatable bonds is 2. The van der Waals surface area contributed by atoms with Crippen LogP contribution in [0, 0.1) is 6.92 Å². The average molecular weight is 263 g/mol. The Labute approximate surface area is 116 Å². The molecule has 4 nitrogen and oxygen atoms in total. The van der Waals surface area contributed by atoms with E-state index in [1.54, 1.807) is 6.20 Å². The third-order valence-electron chi connectivity index (χ3n) is 2.99. The van der Waals surface area contributed by atoms with Crippen molar-refractivity contribution < 1.29 is 0 Å². The van der Waals surface area contributed by atoms with Gasteiger partial charge in [0.25, 0.3) is 5.56 Å². The van der Waals surface area contributed by atoms with Crippen LogP contribution in [0.3, 0.4) is 0 Å². The van der Waals surface area contributed by atoms with Crippen LogP contribution in [-0.4, -0.2) is 15.0 Å². The van der Waals surface area contributed by atoms with Crippen molar-refractivity contribution >= 4 is 0 Å². The Hall–Kier alpha value is -2.75. The first-order chi connectivity index (χ1) is 9.72. The molecule has 0 spiro atoms. The number of aromatic nitrogens is 3. The molecule has 0 bridgehead atoms. The van der Waals surface area contributed by atoms with E-state index in [4.69, 9.17) is 0 Å². The summed E-state index contributed by atoms with van der Waals surface area (Å²) in [6.45, 7) is 2.02. The molecule has 0 aliphatic rings. The van der Waals surface area contributed by atoms with E-state index in [1.807, 2.05) is 49.4 Å². The molecule has 20 heavy (non-hydrogen) atoms. The second-order valence-electron chi connectivity index (χ2n) is 4.56. The second-order valence-corrected chi connectivity index (χ2v) is 4.56. The fourth-order valence-electron chi connectivity index (χ4n) is 1.95. The van der Waals surface area contributed by atoms with Crippen molar-refractivity contribution in [3.05, 3.63) is 70.6 Å². The maximum absolute atomic E-state index is 11.8. The highest BCUT2D eigenvalue weighted by Crippen LogP contribution is 2.18. The van der Waals surface area contributed by atoms with Crippen molar-refractivity contribution in [3.63, 3.8) is 0 Å². The SMILES string of the molecule is Cc1ccc(-c2nc(-c3ccccn3)cc(=O)[nH]2)cc1. The zero-order valence-electron chi connectivity index (χ0n) is 11.0. The van der Waals surface area contributed by atoms with Gasteiger partial charge in [0.05, 0.1) is 11.4 Å². The Morgan fingerprint density at radius 3 is 2.50 bits per heavy atom. The summed E-state index contributed by atoms with van der Waals surface area (Å²) in [5.41, 5.74) is 3.12. The van der Waals surface area contributed by atoms with Gasteiger partial charge in [-0.15, -0.1) is 0 Å². The minimum atomic E-state index is -0.184. The Bertz CT molecular complexity index is 777. The summed E-state index contributed by atoms with van der Waals surface area (Å²) >= 11 is 0. The van der Waals surface area contributed by atoms with E-state index in [2.05, 4.69) is 15.0 Å². The van der Waals surface area contributed by atoms with Gasteiger partial charge in [-0.25, -0.2) is 4.98 Å². The highest BCUT2D eigenvalue weighted by molar-refractivity contribution is 5.60. The number of H-pyrrole nitrogens is 1. The van der Waals surface area contributed by atoms with Gasteiger partial charge in [-0.3, -0.25) is 9.78 Å². The highest BCUT2D eigenvalue weighted by Gasteiger charge is 2.06. The van der Waals surface area contributed by atoms with Gasteiger partial charge in [0.2, 0.25) is 0 Å². The van der Waals surface area contributed by atoms with Gasteiger partial charge in [0.15, 0.2) is 0 Å². The first kappa shape index (κ1) is 12.3. The normalized spacial score (nSPS) is 10.4. The Kier molecular flexibility index (Phi) is 3.13. The van der Waals surface area contributed by atoms with Gasteiger partial charge in [-0.05, 0) is 19.1 Å². The molecule has 0 saturated carbocycles. The number of aromatic amines is 1. The van der Waals surface area contributed by atoms with E-state index in [9.17, 15) is 4.79 Å². The van der Waals surface area contributed by atoms with E-state index < -0.39 is 0 Å². The van der Waals surface area contributed by atoms with Gasteiger partial charge >= 0.3 is 0 Å². The van der Waals surface area contributed by atoms with Crippen molar-refractivity contribution in [2.45, 2.75) is 6.92 Å². The van der Waals surface area contributed by atoms with Crippen molar-refractivity contribution in [2.75, 3.05) is 0 Å². The summed E-state index contributed by atoms with van der Waals surface area (Å²) in [6.07, 6.45) is 1.68. The highest BCUT2D eigenvalue weighted by atomic mass is 16.1. The van der Waals surface area contributed by atoms with Gasteiger partial charge in [0, 0.05) is 17.8 Å². The molecule has 3 aromatic rings. The number of aryl methyl sites for hydroxylation is 1. The topological polar surface area (TPSA) is 58.6 Å². The van der Waals surface area contributed by atoms with Crippen molar-refractivity contribution in [1.29, 1.82) is 0 Å². The predicted molar refractivity (Wildman–Crippen MR) is 78.3 cm³/mol. The van der Waals surface area contributed by atoms with E-state index in [-0.39, 0.29) is 5.56 Å². The summed E-state index contributed by atoms with van der Waals surface area (Å²) in [5, 5.41) is 0. The molecule has 98 valence electrons. The summed E-state index contributed by atoms with van der Waals surface area (Å²) in [7, 11) is 0. The van der Waals surface area contributed by atoms with Crippen LogP contribution in [0.2, 0.25) is 0 Å². The average Bonchev–Trinajstić information content (AvgIpc) is 2.48. The lowest BCUT2D eigenvalue weighted by Crippen LogP contribution is -2.08. The van der Waals surface area contributed by atoms with Crippen LogP contribution >= 0.6 is 0 Å². The van der Waals surface area contributed by atoms with Crippen LogP contribution in [0.15, 0.2) is 59.5 Å². The smallest absolute Gasteiger partial charge is 0.251 e. The van der Waals surface area contributed by atoms with Crippen LogP contribution in [0.4, 0.5) is 0 Å². The zero-order chi connectivity index (χ0) is 13.9. The number of hydrogen-bond acceptors (Lipinski definition) is 3. The first-order valence-corrected chi connectivity index (χ1v) is 6.32. The van der Waals surface area contributed by atoms with E-state index >= 15 is 0 Å². The number of nitrogens with zero attached hydrogens (tertiary/aromatic N) is 2. The minimum absolute atomic E-state index is 0.184. The lowest BCUT2D eigenvalue weighted by Gasteiger charge is -2.04. The number of nitrogens with one attached hydrogen (secondary N) is 1. The maximum Gasteiger partial charge on any atom is 0.251 e. The van der Waals surface area contributed by atoms with E-state index in [0.717, 1.165) is 11.1 Å². The molecule has 2 aromatic heterocycles. The van der Waals surface area contributed by atoms with Crippen molar-refractivity contribution in [1.82, 2.24) is 15.0 Å². The second kappa shape index (κ2) is 5.09. The van der Waals surface area contributed by atoms with Gasteiger partial charge in [-0.1, -0.05) is 35.9 Å². The van der Waals surface area contributed by atoms with Crippen LogP contribution in [0.1, 0.15) is 5.56 Å². The fraction of sp³-hybridized carbons (Fsp3) is 0.0625. The molecule has 0 unspecified atom stereocenters. The molecule has 0 amide bonds. The van der Waals surface area contributed by atoms with Gasteiger partial charge in [-0.2, -0.15) is 0 Å².